The number of ether oxygens (including phenoxy) is 1. The first-order chi connectivity index (χ1) is 13.5. The highest BCUT2D eigenvalue weighted by atomic mass is 19.3. The van der Waals surface area contributed by atoms with Crippen LogP contribution in [0.15, 0.2) is 42.7 Å². The number of aromatic nitrogens is 2. The van der Waals surface area contributed by atoms with Gasteiger partial charge in [0.25, 0.3) is 6.43 Å². The smallest absolute Gasteiger partial charge is 0.412 e. The molecule has 2 aromatic heterocycles. The standard InChI is InChI=1S/C20H24F2N4O3/c1-12(2)9-20(3,23)11-29-18-15(17(21)22)7-14(10-25-18)13-5-6-24-16(8-13)26(4)19(27)28/h5-8,10,17H,1,9,11,23H2,2-4H3,(H,27,28). The van der Waals surface area contributed by atoms with Gasteiger partial charge in [0.05, 0.1) is 11.1 Å². The zero-order chi connectivity index (χ0) is 21.8. The number of nitrogens with zero attached hydrogens (tertiary/aromatic N) is 3. The molecule has 3 N–H and O–H groups in total. The summed E-state index contributed by atoms with van der Waals surface area (Å²) in [6, 6.07) is 4.32. The molecule has 0 fully saturated rings. The third kappa shape index (κ3) is 5.95. The van der Waals surface area contributed by atoms with E-state index in [0.717, 1.165) is 10.5 Å². The summed E-state index contributed by atoms with van der Waals surface area (Å²) in [6.07, 6.45) is -0.747. The maximum absolute atomic E-state index is 13.6. The number of carbonyl (C=O) groups is 1. The molecule has 0 radical (unpaired) electrons. The molecular weight excluding hydrogens is 382 g/mol. The minimum Gasteiger partial charge on any atom is -0.475 e. The van der Waals surface area contributed by atoms with Gasteiger partial charge in [-0.15, -0.1) is 6.58 Å². The van der Waals surface area contributed by atoms with Crippen molar-refractivity contribution < 1.29 is 23.4 Å². The number of amides is 1. The van der Waals surface area contributed by atoms with E-state index in [1.54, 1.807) is 13.0 Å². The number of halogens is 2. The van der Waals surface area contributed by atoms with Crippen molar-refractivity contribution in [2.24, 2.45) is 5.73 Å². The van der Waals surface area contributed by atoms with Gasteiger partial charge in [-0.3, -0.25) is 4.90 Å². The summed E-state index contributed by atoms with van der Waals surface area (Å²) in [7, 11) is 1.34. The van der Waals surface area contributed by atoms with Crippen LogP contribution >= 0.6 is 0 Å². The SMILES string of the molecule is C=C(C)CC(C)(N)COc1ncc(-c2ccnc(N(C)C(=O)O)c2)cc1C(F)F. The Morgan fingerprint density at radius 3 is 2.66 bits per heavy atom. The van der Waals surface area contributed by atoms with Crippen molar-refractivity contribution in [3.8, 4) is 17.0 Å². The fourth-order valence-electron chi connectivity index (χ4n) is 2.76. The van der Waals surface area contributed by atoms with Crippen LogP contribution in [0.3, 0.4) is 0 Å². The predicted molar refractivity (Wildman–Crippen MR) is 106 cm³/mol. The van der Waals surface area contributed by atoms with Crippen LogP contribution in [0.5, 0.6) is 5.88 Å². The quantitative estimate of drug-likeness (QED) is 0.635. The van der Waals surface area contributed by atoms with E-state index in [1.807, 2.05) is 6.92 Å². The average Bonchev–Trinajstić information content (AvgIpc) is 2.64. The minimum atomic E-state index is -2.81. The lowest BCUT2D eigenvalue weighted by molar-refractivity contribution is 0.139. The maximum atomic E-state index is 13.6. The molecule has 1 unspecified atom stereocenters. The van der Waals surface area contributed by atoms with Crippen LogP contribution in [-0.4, -0.2) is 40.4 Å². The molecule has 2 rings (SSSR count). The van der Waals surface area contributed by atoms with Crippen molar-refractivity contribution in [1.82, 2.24) is 9.97 Å². The Bertz CT molecular complexity index is 903. The van der Waals surface area contributed by atoms with Crippen molar-refractivity contribution in [2.75, 3.05) is 18.6 Å². The summed E-state index contributed by atoms with van der Waals surface area (Å²) in [6.45, 7) is 7.37. The predicted octanol–water partition coefficient (Wildman–Crippen LogP) is 4.26. The van der Waals surface area contributed by atoms with Gasteiger partial charge in [-0.05, 0) is 44.0 Å². The van der Waals surface area contributed by atoms with Crippen molar-refractivity contribution in [1.29, 1.82) is 0 Å². The van der Waals surface area contributed by atoms with E-state index in [-0.39, 0.29) is 23.9 Å². The molecule has 0 spiro atoms. The summed E-state index contributed by atoms with van der Waals surface area (Å²) in [4.78, 5) is 20.0. The molecule has 7 nitrogen and oxygen atoms in total. The minimum absolute atomic E-state index is 0.00522. The van der Waals surface area contributed by atoms with Crippen LogP contribution in [0, 0.1) is 0 Å². The third-order valence-electron chi connectivity index (χ3n) is 4.07. The first kappa shape index (κ1) is 22.2. The second-order valence-electron chi connectivity index (χ2n) is 7.24. The molecule has 2 heterocycles. The van der Waals surface area contributed by atoms with E-state index in [2.05, 4.69) is 16.5 Å². The number of rotatable bonds is 8. The van der Waals surface area contributed by atoms with Crippen molar-refractivity contribution in [2.45, 2.75) is 32.2 Å². The van der Waals surface area contributed by atoms with E-state index in [9.17, 15) is 13.6 Å². The molecular formula is C20H24F2N4O3. The van der Waals surface area contributed by atoms with E-state index in [1.165, 1.54) is 31.6 Å². The fraction of sp³-hybridized carbons (Fsp3) is 0.350. The Balaban J connectivity index is 2.31. The number of nitrogens with two attached hydrogens (primary N) is 1. The van der Waals surface area contributed by atoms with Crippen molar-refractivity contribution >= 4 is 11.9 Å². The molecule has 0 aromatic carbocycles. The summed E-state index contributed by atoms with van der Waals surface area (Å²) < 4.78 is 32.7. The lowest BCUT2D eigenvalue weighted by Crippen LogP contribution is -2.42. The molecule has 0 saturated heterocycles. The van der Waals surface area contributed by atoms with Crippen molar-refractivity contribution in [3.05, 3.63) is 48.3 Å². The van der Waals surface area contributed by atoms with Gasteiger partial charge in [-0.1, -0.05) is 5.57 Å². The van der Waals surface area contributed by atoms with E-state index >= 15 is 0 Å². The van der Waals surface area contributed by atoms with Crippen molar-refractivity contribution in [3.63, 3.8) is 0 Å². The summed E-state index contributed by atoms with van der Waals surface area (Å²) in [5, 5.41) is 9.07. The highest BCUT2D eigenvalue weighted by Crippen LogP contribution is 2.32. The Kier molecular flexibility index (Phi) is 6.86. The van der Waals surface area contributed by atoms with Gasteiger partial charge in [0.2, 0.25) is 5.88 Å². The van der Waals surface area contributed by atoms with Gasteiger partial charge >= 0.3 is 6.09 Å². The largest absolute Gasteiger partial charge is 0.475 e. The number of hydrogen-bond acceptors (Lipinski definition) is 5. The van der Waals surface area contributed by atoms with Gasteiger partial charge in [0.15, 0.2) is 0 Å². The molecule has 0 bridgehead atoms. The van der Waals surface area contributed by atoms with E-state index in [4.69, 9.17) is 15.6 Å². The Morgan fingerprint density at radius 1 is 1.38 bits per heavy atom. The fourth-order valence-corrected chi connectivity index (χ4v) is 2.76. The first-order valence-corrected chi connectivity index (χ1v) is 8.77. The molecule has 9 heteroatoms. The Morgan fingerprint density at radius 2 is 2.07 bits per heavy atom. The molecule has 156 valence electrons. The Labute approximate surface area is 167 Å². The van der Waals surface area contributed by atoms with Crippen LogP contribution in [0.25, 0.3) is 11.1 Å². The van der Waals surface area contributed by atoms with Crippen LogP contribution in [0.1, 0.15) is 32.3 Å². The van der Waals surface area contributed by atoms with E-state index < -0.39 is 18.1 Å². The van der Waals surface area contributed by atoms with E-state index in [0.29, 0.717) is 17.5 Å². The third-order valence-corrected chi connectivity index (χ3v) is 4.07. The van der Waals surface area contributed by atoms with Crippen LogP contribution in [0.4, 0.5) is 19.4 Å². The molecule has 2 aromatic rings. The average molecular weight is 406 g/mol. The summed E-state index contributed by atoms with van der Waals surface area (Å²) >= 11 is 0. The molecule has 1 amide bonds. The van der Waals surface area contributed by atoms with Crippen LogP contribution < -0.4 is 15.4 Å². The van der Waals surface area contributed by atoms with Gasteiger partial charge < -0.3 is 15.6 Å². The van der Waals surface area contributed by atoms with Gasteiger partial charge in [0.1, 0.15) is 12.4 Å². The van der Waals surface area contributed by atoms with Gasteiger partial charge in [0, 0.05) is 25.0 Å². The molecule has 1 atom stereocenters. The first-order valence-electron chi connectivity index (χ1n) is 8.77. The Hall–Kier alpha value is -3.07. The molecule has 0 aliphatic rings. The normalized spacial score (nSPS) is 13.1. The summed E-state index contributed by atoms with van der Waals surface area (Å²) in [5.74, 6) is -0.0355. The second-order valence-corrected chi connectivity index (χ2v) is 7.24. The van der Waals surface area contributed by atoms with Gasteiger partial charge in [-0.2, -0.15) is 0 Å². The van der Waals surface area contributed by atoms with Crippen LogP contribution in [0.2, 0.25) is 0 Å². The van der Waals surface area contributed by atoms with Gasteiger partial charge in [-0.25, -0.2) is 23.5 Å². The topological polar surface area (TPSA) is 102 Å². The number of pyridine rings is 2. The number of carboxylic acid groups (broad SMARTS) is 1. The van der Waals surface area contributed by atoms with Crippen LogP contribution in [-0.2, 0) is 0 Å². The lowest BCUT2D eigenvalue weighted by atomic mass is 9.96. The highest BCUT2D eigenvalue weighted by Gasteiger charge is 2.23. The monoisotopic (exact) mass is 406 g/mol. The number of alkyl halides is 2. The zero-order valence-corrected chi connectivity index (χ0v) is 16.5. The summed E-state index contributed by atoms with van der Waals surface area (Å²) in [5.41, 5.74) is 6.71. The second kappa shape index (κ2) is 8.95. The number of hydrogen-bond donors (Lipinski definition) is 2. The molecule has 29 heavy (non-hydrogen) atoms. The molecule has 0 aliphatic carbocycles. The lowest BCUT2D eigenvalue weighted by Gasteiger charge is -2.25. The molecule has 0 saturated carbocycles. The highest BCUT2D eigenvalue weighted by molar-refractivity contribution is 5.85. The molecule has 0 aliphatic heterocycles. The number of anilines is 1. The maximum Gasteiger partial charge on any atom is 0.412 e. The zero-order valence-electron chi connectivity index (χ0n) is 16.5.